The molecule has 1 heterocycles. The van der Waals surface area contributed by atoms with Crippen molar-refractivity contribution in [2.75, 3.05) is 11.9 Å². The molecule has 2 aromatic rings. The number of hydrogen-bond donors (Lipinski definition) is 1. The van der Waals surface area contributed by atoms with Crippen LogP contribution < -0.4 is 10.6 Å². The van der Waals surface area contributed by atoms with Crippen LogP contribution >= 0.6 is 28.1 Å². The highest BCUT2D eigenvalue weighted by Gasteiger charge is 2.11. The summed E-state index contributed by atoms with van der Waals surface area (Å²) in [6.45, 7) is 0.744. The second kappa shape index (κ2) is 5.54. The predicted molar refractivity (Wildman–Crippen MR) is 80.8 cm³/mol. The largest absolute Gasteiger partial charge is 0.472 e. The van der Waals surface area contributed by atoms with Gasteiger partial charge in [0.2, 0.25) is 0 Å². The van der Waals surface area contributed by atoms with E-state index in [0.29, 0.717) is 4.99 Å². The topological polar surface area (TPSA) is 42.4 Å². The van der Waals surface area contributed by atoms with Crippen LogP contribution in [-0.4, -0.2) is 12.0 Å². The summed E-state index contributed by atoms with van der Waals surface area (Å²) < 4.78 is 6.03. The quantitative estimate of drug-likeness (QED) is 0.876. The van der Waals surface area contributed by atoms with Crippen LogP contribution in [0, 0.1) is 0 Å². The molecule has 94 valence electrons. The molecule has 1 aromatic carbocycles. The van der Waals surface area contributed by atoms with Gasteiger partial charge in [0.25, 0.3) is 0 Å². The Kier molecular flexibility index (Phi) is 4.04. The van der Waals surface area contributed by atoms with Crippen LogP contribution in [0.1, 0.15) is 11.1 Å². The Balaban J connectivity index is 2.29. The molecule has 0 radical (unpaired) electrons. The highest BCUT2D eigenvalue weighted by atomic mass is 79.9. The van der Waals surface area contributed by atoms with Crippen LogP contribution in [0.4, 0.5) is 5.69 Å². The third kappa shape index (κ3) is 2.91. The summed E-state index contributed by atoms with van der Waals surface area (Å²) in [6.07, 6.45) is 3.40. The van der Waals surface area contributed by atoms with E-state index in [1.54, 1.807) is 12.5 Å². The molecular formula is C13H13BrN2OS. The summed E-state index contributed by atoms with van der Waals surface area (Å²) in [7, 11) is 2.00. The Hall–Kier alpha value is -1.33. The van der Waals surface area contributed by atoms with Gasteiger partial charge in [-0.2, -0.15) is 0 Å². The smallest absolute Gasteiger partial charge is 0.106 e. The molecule has 3 nitrogen and oxygen atoms in total. The van der Waals surface area contributed by atoms with Gasteiger partial charge in [-0.05, 0) is 24.3 Å². The highest BCUT2D eigenvalue weighted by molar-refractivity contribution is 9.10. The van der Waals surface area contributed by atoms with Gasteiger partial charge in [0.1, 0.15) is 4.99 Å². The van der Waals surface area contributed by atoms with E-state index in [2.05, 4.69) is 20.8 Å². The van der Waals surface area contributed by atoms with E-state index in [1.807, 2.05) is 31.3 Å². The molecule has 2 N–H and O–H groups in total. The van der Waals surface area contributed by atoms with Gasteiger partial charge in [0, 0.05) is 34.9 Å². The van der Waals surface area contributed by atoms with Gasteiger partial charge in [-0.1, -0.05) is 28.1 Å². The standard InChI is InChI=1S/C13H13BrN2OS/c1-16(7-9-4-5-17-8-9)12-3-2-10(14)6-11(12)13(15)18/h2-6,8H,7H2,1H3,(H2,15,18). The Bertz CT molecular complexity index is 554. The van der Waals surface area contributed by atoms with Gasteiger partial charge in [0.15, 0.2) is 0 Å². The molecule has 0 spiro atoms. The number of rotatable bonds is 4. The van der Waals surface area contributed by atoms with Crippen LogP contribution in [0.15, 0.2) is 45.7 Å². The average Bonchev–Trinajstić information content (AvgIpc) is 2.81. The molecule has 18 heavy (non-hydrogen) atoms. The number of nitrogens with two attached hydrogens (primary N) is 1. The first-order valence-electron chi connectivity index (χ1n) is 5.39. The van der Waals surface area contributed by atoms with E-state index in [-0.39, 0.29) is 0 Å². The number of thiocarbonyl (C=S) groups is 1. The molecule has 5 heteroatoms. The van der Waals surface area contributed by atoms with Crippen LogP contribution in [0.3, 0.4) is 0 Å². The second-order valence-electron chi connectivity index (χ2n) is 4.01. The number of nitrogens with zero attached hydrogens (tertiary/aromatic N) is 1. The van der Waals surface area contributed by atoms with Crippen molar-refractivity contribution in [3.8, 4) is 0 Å². The number of hydrogen-bond acceptors (Lipinski definition) is 3. The molecule has 0 saturated carbocycles. The fourth-order valence-electron chi connectivity index (χ4n) is 1.78. The molecule has 0 atom stereocenters. The van der Waals surface area contributed by atoms with E-state index in [9.17, 15) is 0 Å². The third-order valence-electron chi connectivity index (χ3n) is 2.64. The minimum Gasteiger partial charge on any atom is -0.472 e. The van der Waals surface area contributed by atoms with Gasteiger partial charge >= 0.3 is 0 Å². The molecule has 0 saturated heterocycles. The lowest BCUT2D eigenvalue weighted by Crippen LogP contribution is -2.21. The molecule has 0 unspecified atom stereocenters. The molecule has 0 fully saturated rings. The SMILES string of the molecule is CN(Cc1ccoc1)c1ccc(Br)cc1C(N)=S. The zero-order valence-corrected chi connectivity index (χ0v) is 12.3. The lowest BCUT2D eigenvalue weighted by atomic mass is 10.1. The molecule has 1 aromatic heterocycles. The summed E-state index contributed by atoms with van der Waals surface area (Å²) >= 11 is 8.51. The van der Waals surface area contributed by atoms with Gasteiger partial charge in [-0.15, -0.1) is 0 Å². The lowest BCUT2D eigenvalue weighted by molar-refractivity contribution is 0.563. The summed E-state index contributed by atoms with van der Waals surface area (Å²) in [5, 5.41) is 0. The van der Waals surface area contributed by atoms with Crippen molar-refractivity contribution in [1.29, 1.82) is 0 Å². The van der Waals surface area contributed by atoms with Gasteiger partial charge in [-0.25, -0.2) is 0 Å². The van der Waals surface area contributed by atoms with Crippen LogP contribution in [0.25, 0.3) is 0 Å². The highest BCUT2D eigenvalue weighted by Crippen LogP contribution is 2.25. The minimum absolute atomic E-state index is 0.394. The van der Waals surface area contributed by atoms with Crippen molar-refractivity contribution < 1.29 is 4.42 Å². The maximum absolute atomic E-state index is 5.76. The van der Waals surface area contributed by atoms with Crippen LogP contribution in [-0.2, 0) is 6.54 Å². The molecular weight excluding hydrogens is 312 g/mol. The first-order chi connectivity index (χ1) is 8.58. The Morgan fingerprint density at radius 2 is 2.22 bits per heavy atom. The molecule has 0 aliphatic rings. The fourth-order valence-corrected chi connectivity index (χ4v) is 2.30. The maximum atomic E-state index is 5.76. The summed E-state index contributed by atoms with van der Waals surface area (Å²) in [4.78, 5) is 2.48. The lowest BCUT2D eigenvalue weighted by Gasteiger charge is -2.21. The Morgan fingerprint density at radius 1 is 1.44 bits per heavy atom. The fraction of sp³-hybridized carbons (Fsp3) is 0.154. The monoisotopic (exact) mass is 324 g/mol. The third-order valence-corrected chi connectivity index (χ3v) is 3.35. The van der Waals surface area contributed by atoms with Crippen molar-refractivity contribution >= 4 is 38.8 Å². The van der Waals surface area contributed by atoms with Crippen LogP contribution in [0.5, 0.6) is 0 Å². The minimum atomic E-state index is 0.394. The van der Waals surface area contributed by atoms with Crippen LogP contribution in [0.2, 0.25) is 0 Å². The Labute approximate surface area is 120 Å². The molecule has 0 aliphatic carbocycles. The van der Waals surface area contributed by atoms with Crippen molar-refractivity contribution in [1.82, 2.24) is 0 Å². The number of halogens is 1. The predicted octanol–water partition coefficient (Wildman–Crippen LogP) is 3.31. The van der Waals surface area contributed by atoms with Gasteiger partial charge in [-0.3, -0.25) is 0 Å². The van der Waals surface area contributed by atoms with E-state index >= 15 is 0 Å². The number of anilines is 1. The first-order valence-corrected chi connectivity index (χ1v) is 6.59. The molecule has 2 rings (SSSR count). The van der Waals surface area contributed by atoms with E-state index in [0.717, 1.165) is 27.8 Å². The summed E-state index contributed by atoms with van der Waals surface area (Å²) in [5.41, 5.74) is 8.74. The van der Waals surface area contributed by atoms with Gasteiger partial charge in [0.05, 0.1) is 12.5 Å². The van der Waals surface area contributed by atoms with E-state index in [1.165, 1.54) is 0 Å². The number of furan rings is 1. The van der Waals surface area contributed by atoms with Crippen molar-refractivity contribution in [3.05, 3.63) is 52.4 Å². The Morgan fingerprint density at radius 3 is 2.83 bits per heavy atom. The van der Waals surface area contributed by atoms with Crippen molar-refractivity contribution in [2.45, 2.75) is 6.54 Å². The van der Waals surface area contributed by atoms with E-state index in [4.69, 9.17) is 22.4 Å². The molecule has 0 bridgehead atoms. The average molecular weight is 325 g/mol. The first kappa shape index (κ1) is 13.1. The zero-order chi connectivity index (χ0) is 13.1. The zero-order valence-electron chi connectivity index (χ0n) is 9.89. The van der Waals surface area contributed by atoms with Gasteiger partial charge < -0.3 is 15.1 Å². The van der Waals surface area contributed by atoms with E-state index < -0.39 is 0 Å². The summed E-state index contributed by atoms with van der Waals surface area (Å²) in [6, 6.07) is 7.85. The normalized spacial score (nSPS) is 10.3. The summed E-state index contributed by atoms with van der Waals surface area (Å²) in [5.74, 6) is 0. The maximum Gasteiger partial charge on any atom is 0.106 e. The number of benzene rings is 1. The molecule has 0 aliphatic heterocycles. The van der Waals surface area contributed by atoms with Crippen molar-refractivity contribution in [3.63, 3.8) is 0 Å². The molecule has 0 amide bonds. The van der Waals surface area contributed by atoms with Crippen molar-refractivity contribution in [2.24, 2.45) is 5.73 Å². The second-order valence-corrected chi connectivity index (χ2v) is 5.37.